The molecule has 1 N–H and O–H groups in total. The number of piperidine rings is 1. The smallest absolute Gasteiger partial charge is 0.335 e. The fourth-order valence-electron chi connectivity index (χ4n) is 5.27. The number of rotatable bonds is 5. The molecule has 34 heavy (non-hydrogen) atoms. The Kier molecular flexibility index (Phi) is 7.52. The van der Waals surface area contributed by atoms with E-state index in [4.69, 9.17) is 0 Å². The molecule has 5 nitrogen and oxygen atoms in total. The van der Waals surface area contributed by atoms with E-state index < -0.39 is 27.0 Å². The zero-order valence-electron chi connectivity index (χ0n) is 19.0. The lowest BCUT2D eigenvalue weighted by molar-refractivity contribution is -0.140. The van der Waals surface area contributed by atoms with Crippen LogP contribution in [0, 0.1) is 5.92 Å². The number of nitrogens with one attached hydrogen (secondary N) is 1. The van der Waals surface area contributed by atoms with Crippen LogP contribution < -0.4 is 4.72 Å². The average molecular weight is 497 g/mol. The summed E-state index contributed by atoms with van der Waals surface area (Å²) in [6.45, 7) is 0.742. The summed E-state index contributed by atoms with van der Waals surface area (Å²) < 4.78 is 66.5. The topological polar surface area (TPSA) is 66.5 Å². The van der Waals surface area contributed by atoms with Crippen LogP contribution in [0.4, 0.5) is 13.2 Å². The van der Waals surface area contributed by atoms with Crippen LogP contribution in [-0.4, -0.2) is 43.2 Å². The Balaban J connectivity index is 1.32. The van der Waals surface area contributed by atoms with Crippen molar-refractivity contribution in [3.05, 3.63) is 59.7 Å². The molecule has 9 heteroatoms. The molecule has 1 saturated carbocycles. The maximum absolute atomic E-state index is 13.4. The number of amides is 1. The largest absolute Gasteiger partial charge is 0.416 e. The van der Waals surface area contributed by atoms with E-state index >= 15 is 0 Å². The third kappa shape index (κ3) is 5.74. The van der Waals surface area contributed by atoms with Crippen LogP contribution in [0.2, 0.25) is 0 Å². The van der Waals surface area contributed by atoms with E-state index in [1.54, 1.807) is 0 Å². The molecule has 0 bridgehead atoms. The predicted molar refractivity (Wildman–Crippen MR) is 124 cm³/mol. The first kappa shape index (κ1) is 25.0. The minimum Gasteiger partial charge on any atom is -0.335 e. The molecule has 0 spiro atoms. The van der Waals surface area contributed by atoms with Crippen molar-refractivity contribution in [2.24, 2.45) is 5.92 Å². The number of halogens is 3. The number of alkyl halides is 3. The number of carbonyl (C=O) groups is 1. The van der Waals surface area contributed by atoms with Gasteiger partial charge in [0.25, 0.3) is 0 Å². The van der Waals surface area contributed by atoms with Crippen molar-refractivity contribution >= 4 is 15.9 Å². The summed E-state index contributed by atoms with van der Waals surface area (Å²) in [4.78, 5) is 15.4. The molecule has 1 heterocycles. The molecule has 4 rings (SSSR count). The van der Waals surface area contributed by atoms with Crippen molar-refractivity contribution in [3.8, 4) is 0 Å². The van der Waals surface area contributed by atoms with Crippen molar-refractivity contribution in [2.45, 2.75) is 74.9 Å². The zero-order chi connectivity index (χ0) is 24.3. The van der Waals surface area contributed by atoms with Gasteiger partial charge in [-0.15, -0.1) is 0 Å². The van der Waals surface area contributed by atoms with Crippen LogP contribution >= 0.6 is 0 Å². The molecule has 0 radical (unpaired) electrons. The molecule has 2 unspecified atom stereocenters. The third-order valence-corrected chi connectivity index (χ3v) is 8.97. The fraction of sp³-hybridized carbons (Fsp3) is 0.560. The monoisotopic (exact) mass is 496 g/mol. The van der Waals surface area contributed by atoms with E-state index in [2.05, 4.69) is 16.9 Å². The van der Waals surface area contributed by atoms with Gasteiger partial charge in [-0.25, -0.2) is 13.1 Å². The summed E-state index contributed by atoms with van der Waals surface area (Å²) in [5.41, 5.74) is 0.338. The van der Waals surface area contributed by atoms with Gasteiger partial charge in [0, 0.05) is 18.5 Å². The van der Waals surface area contributed by atoms with Gasteiger partial charge >= 0.3 is 6.18 Å². The average Bonchev–Trinajstić information content (AvgIpc) is 2.84. The summed E-state index contributed by atoms with van der Waals surface area (Å²) >= 11 is 0. The summed E-state index contributed by atoms with van der Waals surface area (Å²) in [6, 6.07) is 9.86. The number of sulfonamides is 1. The van der Waals surface area contributed by atoms with E-state index in [0.29, 0.717) is 25.7 Å². The number of benzene rings is 1. The highest BCUT2D eigenvalue weighted by Gasteiger charge is 2.38. The Hall–Kier alpha value is -2.13. The second kappa shape index (κ2) is 10.2. The third-order valence-electron chi connectivity index (χ3n) is 7.16. The lowest BCUT2D eigenvalue weighted by Crippen LogP contribution is -2.46. The Morgan fingerprint density at radius 1 is 1.00 bits per heavy atom. The number of carbonyl (C=O) groups excluding carboxylic acids is 1. The molecular weight excluding hydrogens is 465 g/mol. The number of likely N-dealkylation sites (tertiary alicyclic amines) is 1. The highest BCUT2D eigenvalue weighted by atomic mass is 32.2. The highest BCUT2D eigenvalue weighted by molar-refractivity contribution is 7.90. The minimum atomic E-state index is -4.47. The van der Waals surface area contributed by atoms with Gasteiger partial charge in [0.2, 0.25) is 15.9 Å². The van der Waals surface area contributed by atoms with Crippen molar-refractivity contribution in [3.63, 3.8) is 0 Å². The molecule has 186 valence electrons. The second-order valence-corrected chi connectivity index (χ2v) is 11.4. The Bertz CT molecular complexity index is 1030. The number of allylic oxidation sites excluding steroid dienone is 3. The van der Waals surface area contributed by atoms with Crippen LogP contribution in [0.3, 0.4) is 0 Å². The fourth-order valence-corrected chi connectivity index (χ4v) is 6.78. The predicted octanol–water partition coefficient (Wildman–Crippen LogP) is 5.04. The lowest BCUT2D eigenvalue weighted by atomic mass is 9.84. The first-order valence-corrected chi connectivity index (χ1v) is 13.5. The quantitative estimate of drug-likeness (QED) is 0.622. The van der Waals surface area contributed by atoms with Crippen molar-refractivity contribution in [2.75, 3.05) is 6.54 Å². The Labute approximate surface area is 199 Å². The van der Waals surface area contributed by atoms with E-state index in [1.165, 1.54) is 0 Å². The Morgan fingerprint density at radius 3 is 2.32 bits per heavy atom. The van der Waals surface area contributed by atoms with Crippen molar-refractivity contribution < 1.29 is 26.4 Å². The molecule has 1 aromatic carbocycles. The van der Waals surface area contributed by atoms with Gasteiger partial charge in [-0.05, 0) is 56.9 Å². The molecule has 1 amide bonds. The lowest BCUT2D eigenvalue weighted by Gasteiger charge is -2.39. The van der Waals surface area contributed by atoms with Crippen LogP contribution in [0.25, 0.3) is 0 Å². The van der Waals surface area contributed by atoms with Gasteiger partial charge < -0.3 is 4.90 Å². The van der Waals surface area contributed by atoms with Crippen molar-refractivity contribution in [1.82, 2.24) is 9.62 Å². The minimum absolute atomic E-state index is 0.0893. The Morgan fingerprint density at radius 2 is 1.71 bits per heavy atom. The SMILES string of the molecule is O=C([C@H]1CC[C@H](NS(=O)(=O)C2C=CC(C(F)(F)F)=CC2)CC1)N1CCCCC1c1ccccc1. The summed E-state index contributed by atoms with van der Waals surface area (Å²) in [6.07, 6.45) is 3.51. The van der Waals surface area contributed by atoms with E-state index in [0.717, 1.165) is 49.6 Å². The van der Waals surface area contributed by atoms with Crippen LogP contribution in [-0.2, 0) is 14.8 Å². The van der Waals surface area contributed by atoms with Gasteiger partial charge in [0.15, 0.2) is 0 Å². The van der Waals surface area contributed by atoms with Crippen LogP contribution in [0.5, 0.6) is 0 Å². The second-order valence-electron chi connectivity index (χ2n) is 9.46. The molecule has 2 fully saturated rings. The molecule has 3 aliphatic rings. The van der Waals surface area contributed by atoms with E-state index in [9.17, 15) is 26.4 Å². The first-order chi connectivity index (χ1) is 16.1. The standard InChI is InChI=1S/C25H31F3N2O3S/c26-25(27,28)20-11-15-22(16-12-20)34(32,33)29-21-13-9-19(10-14-21)24(31)30-17-5-4-8-23(30)18-6-2-1-3-7-18/h1-3,6-7,11-12,15,19,21-23,29H,4-5,8-10,13-14,16-17H2/t19-,21-,22?,23?. The molecule has 0 aromatic heterocycles. The van der Waals surface area contributed by atoms with E-state index in [-0.39, 0.29) is 30.3 Å². The maximum Gasteiger partial charge on any atom is 0.416 e. The number of hydrogen-bond donors (Lipinski definition) is 1. The summed E-state index contributed by atoms with van der Waals surface area (Å²) in [7, 11) is -3.80. The van der Waals surface area contributed by atoms with Gasteiger partial charge in [0.05, 0.1) is 16.9 Å². The van der Waals surface area contributed by atoms with Gasteiger partial charge in [-0.2, -0.15) is 13.2 Å². The van der Waals surface area contributed by atoms with Gasteiger partial charge in [-0.1, -0.05) is 48.6 Å². The van der Waals surface area contributed by atoms with E-state index in [1.807, 2.05) is 23.1 Å². The zero-order valence-corrected chi connectivity index (χ0v) is 19.8. The number of hydrogen-bond acceptors (Lipinski definition) is 3. The van der Waals surface area contributed by atoms with Gasteiger partial charge in [0.1, 0.15) is 0 Å². The normalized spacial score (nSPS) is 28.4. The van der Waals surface area contributed by atoms with Crippen molar-refractivity contribution in [1.29, 1.82) is 0 Å². The summed E-state index contributed by atoms with van der Waals surface area (Å²) in [5.74, 6) is 0.0202. The maximum atomic E-state index is 13.4. The molecule has 2 atom stereocenters. The molecule has 2 aliphatic carbocycles. The molecule has 1 saturated heterocycles. The summed E-state index contributed by atoms with van der Waals surface area (Å²) in [5, 5.41) is -1.02. The molecular formula is C25H31F3N2O3S. The van der Waals surface area contributed by atoms with Crippen LogP contribution in [0.1, 0.15) is 63.0 Å². The van der Waals surface area contributed by atoms with Gasteiger partial charge in [-0.3, -0.25) is 4.79 Å². The highest BCUT2D eigenvalue weighted by Crippen LogP contribution is 2.35. The molecule has 1 aliphatic heterocycles. The first-order valence-electron chi connectivity index (χ1n) is 12.0. The van der Waals surface area contributed by atoms with Crippen LogP contribution in [0.15, 0.2) is 54.1 Å². The molecule has 1 aromatic rings. The number of nitrogens with zero attached hydrogens (tertiary/aromatic N) is 1.